The summed E-state index contributed by atoms with van der Waals surface area (Å²) in [5, 5.41) is 0. The largest absolute Gasteiger partial charge is 0.497 e. The van der Waals surface area contributed by atoms with Crippen LogP contribution in [-0.4, -0.2) is 12.1 Å². The van der Waals surface area contributed by atoms with Crippen molar-refractivity contribution in [2.45, 2.75) is 0 Å². The number of hydrogen-bond donors (Lipinski definition) is 1. The van der Waals surface area contributed by atoms with Crippen molar-refractivity contribution in [1.82, 2.24) is 4.98 Å². The van der Waals surface area contributed by atoms with Crippen molar-refractivity contribution in [2.24, 2.45) is 0 Å². The predicted molar refractivity (Wildman–Crippen MR) is 60.6 cm³/mol. The van der Waals surface area contributed by atoms with Gasteiger partial charge in [0.25, 0.3) is 0 Å². The summed E-state index contributed by atoms with van der Waals surface area (Å²) in [6, 6.07) is 5.23. The number of benzene rings is 1. The van der Waals surface area contributed by atoms with Crippen molar-refractivity contribution >= 4 is 5.69 Å². The zero-order valence-corrected chi connectivity index (χ0v) is 9.08. The summed E-state index contributed by atoms with van der Waals surface area (Å²) in [5.74, 6) is -0.892. The second-order valence-corrected chi connectivity index (χ2v) is 3.44. The van der Waals surface area contributed by atoms with E-state index in [1.54, 1.807) is 0 Å². The fourth-order valence-electron chi connectivity index (χ4n) is 1.47. The second kappa shape index (κ2) is 4.37. The van der Waals surface area contributed by atoms with E-state index in [2.05, 4.69) is 4.98 Å². The van der Waals surface area contributed by atoms with Crippen LogP contribution in [0, 0.1) is 11.6 Å². The van der Waals surface area contributed by atoms with Gasteiger partial charge >= 0.3 is 0 Å². The summed E-state index contributed by atoms with van der Waals surface area (Å²) < 4.78 is 32.1. The molecule has 0 bridgehead atoms. The Balaban J connectivity index is 2.53. The molecule has 0 radical (unpaired) electrons. The first-order valence-electron chi connectivity index (χ1n) is 4.86. The third kappa shape index (κ3) is 2.18. The Morgan fingerprint density at radius 2 is 1.94 bits per heavy atom. The number of aromatic nitrogens is 1. The zero-order chi connectivity index (χ0) is 12.4. The van der Waals surface area contributed by atoms with Crippen molar-refractivity contribution in [3.63, 3.8) is 0 Å². The van der Waals surface area contributed by atoms with Gasteiger partial charge in [-0.1, -0.05) is 0 Å². The molecule has 17 heavy (non-hydrogen) atoms. The molecule has 0 unspecified atom stereocenters. The average molecular weight is 236 g/mol. The Labute approximate surface area is 96.9 Å². The third-order valence-electron chi connectivity index (χ3n) is 2.29. The van der Waals surface area contributed by atoms with Crippen molar-refractivity contribution < 1.29 is 13.5 Å². The highest BCUT2D eigenvalue weighted by atomic mass is 19.1. The summed E-state index contributed by atoms with van der Waals surface area (Å²) in [5.41, 5.74) is 5.57. The molecule has 0 fully saturated rings. The van der Waals surface area contributed by atoms with Crippen LogP contribution in [0.5, 0.6) is 5.75 Å². The zero-order valence-electron chi connectivity index (χ0n) is 9.08. The maximum absolute atomic E-state index is 13.7. The number of hydrogen-bond acceptors (Lipinski definition) is 3. The highest BCUT2D eigenvalue weighted by molar-refractivity contribution is 5.63. The van der Waals surface area contributed by atoms with E-state index in [1.807, 2.05) is 0 Å². The first kappa shape index (κ1) is 11.3. The number of nitrogens with zero attached hydrogens (tertiary/aromatic N) is 1. The minimum absolute atomic E-state index is 0.0700. The molecule has 5 heteroatoms. The molecule has 2 N–H and O–H groups in total. The second-order valence-electron chi connectivity index (χ2n) is 3.44. The molecule has 0 aliphatic carbocycles. The normalized spacial score (nSPS) is 10.3. The predicted octanol–water partition coefficient (Wildman–Crippen LogP) is 2.62. The number of nitrogen functional groups attached to an aromatic ring is 1. The van der Waals surface area contributed by atoms with Crippen LogP contribution in [-0.2, 0) is 0 Å². The molecule has 0 saturated carbocycles. The minimum atomic E-state index is -0.658. The number of halogens is 2. The highest BCUT2D eigenvalue weighted by Gasteiger charge is 2.12. The van der Waals surface area contributed by atoms with Gasteiger partial charge in [-0.25, -0.2) is 8.78 Å². The van der Waals surface area contributed by atoms with Crippen molar-refractivity contribution in [1.29, 1.82) is 0 Å². The van der Waals surface area contributed by atoms with Crippen LogP contribution in [0.4, 0.5) is 14.5 Å². The molecule has 3 nitrogen and oxygen atoms in total. The number of pyridine rings is 1. The van der Waals surface area contributed by atoms with E-state index in [-0.39, 0.29) is 16.9 Å². The van der Waals surface area contributed by atoms with Crippen LogP contribution < -0.4 is 10.5 Å². The number of nitrogens with two attached hydrogens (primary N) is 1. The van der Waals surface area contributed by atoms with Crippen molar-refractivity contribution in [2.75, 3.05) is 12.8 Å². The van der Waals surface area contributed by atoms with Crippen LogP contribution in [0.3, 0.4) is 0 Å². The van der Waals surface area contributed by atoms with Gasteiger partial charge in [-0.3, -0.25) is 4.98 Å². The quantitative estimate of drug-likeness (QED) is 0.871. The van der Waals surface area contributed by atoms with Gasteiger partial charge in [0.15, 0.2) is 5.82 Å². The van der Waals surface area contributed by atoms with E-state index in [0.717, 1.165) is 6.07 Å². The maximum Gasteiger partial charge on any atom is 0.151 e. The molecule has 0 spiro atoms. The maximum atomic E-state index is 13.7. The van der Waals surface area contributed by atoms with E-state index in [9.17, 15) is 8.78 Å². The van der Waals surface area contributed by atoms with E-state index in [4.69, 9.17) is 10.5 Å². The molecule has 1 heterocycles. The van der Waals surface area contributed by atoms with E-state index in [0.29, 0.717) is 5.75 Å². The average Bonchev–Trinajstić information content (AvgIpc) is 2.30. The van der Waals surface area contributed by atoms with E-state index >= 15 is 0 Å². The van der Waals surface area contributed by atoms with Crippen LogP contribution in [0.15, 0.2) is 30.5 Å². The SMILES string of the molecule is COc1ccc(-c2ncc(N)cc2F)c(F)c1. The summed E-state index contributed by atoms with van der Waals surface area (Å²) in [7, 11) is 1.43. The van der Waals surface area contributed by atoms with Gasteiger partial charge in [0.05, 0.1) is 19.0 Å². The fourth-order valence-corrected chi connectivity index (χ4v) is 1.47. The van der Waals surface area contributed by atoms with Gasteiger partial charge in [-0.05, 0) is 12.1 Å². The molecular weight excluding hydrogens is 226 g/mol. The molecule has 88 valence electrons. The van der Waals surface area contributed by atoms with Gasteiger partial charge in [0, 0.05) is 17.7 Å². The van der Waals surface area contributed by atoms with Crippen LogP contribution in [0.25, 0.3) is 11.3 Å². The minimum Gasteiger partial charge on any atom is -0.497 e. The standard InChI is InChI=1S/C12H10F2N2O/c1-17-8-2-3-9(10(13)5-8)12-11(14)4-7(15)6-16-12/h2-6H,15H2,1H3. The summed E-state index contributed by atoms with van der Waals surface area (Å²) in [6.45, 7) is 0. The molecule has 0 aliphatic rings. The van der Waals surface area contributed by atoms with Gasteiger partial charge < -0.3 is 10.5 Å². The van der Waals surface area contributed by atoms with Crippen molar-refractivity contribution in [3.8, 4) is 17.0 Å². The lowest BCUT2D eigenvalue weighted by molar-refractivity contribution is 0.411. The fraction of sp³-hybridized carbons (Fsp3) is 0.0833. The van der Waals surface area contributed by atoms with Gasteiger partial charge in [-0.15, -0.1) is 0 Å². The molecule has 2 aromatic rings. The monoisotopic (exact) mass is 236 g/mol. The topological polar surface area (TPSA) is 48.1 Å². The van der Waals surface area contributed by atoms with E-state index < -0.39 is 11.6 Å². The Bertz CT molecular complexity index is 558. The summed E-state index contributed by atoms with van der Waals surface area (Å²) in [6.07, 6.45) is 1.28. The smallest absolute Gasteiger partial charge is 0.151 e. The Kier molecular flexibility index (Phi) is 2.91. The first-order valence-corrected chi connectivity index (χ1v) is 4.86. The van der Waals surface area contributed by atoms with Crippen LogP contribution in [0.1, 0.15) is 0 Å². The molecule has 0 amide bonds. The number of ether oxygens (including phenoxy) is 1. The third-order valence-corrected chi connectivity index (χ3v) is 2.29. The van der Waals surface area contributed by atoms with Gasteiger partial charge in [-0.2, -0.15) is 0 Å². The Hall–Kier alpha value is -2.17. The van der Waals surface area contributed by atoms with E-state index in [1.165, 1.54) is 31.5 Å². The highest BCUT2D eigenvalue weighted by Crippen LogP contribution is 2.27. The summed E-state index contributed by atoms with van der Waals surface area (Å²) >= 11 is 0. The Morgan fingerprint density at radius 1 is 1.18 bits per heavy atom. The Morgan fingerprint density at radius 3 is 2.53 bits per heavy atom. The number of methoxy groups -OCH3 is 1. The molecule has 1 aromatic carbocycles. The molecule has 0 atom stereocenters. The number of rotatable bonds is 2. The lowest BCUT2D eigenvalue weighted by atomic mass is 10.1. The van der Waals surface area contributed by atoms with Gasteiger partial charge in [0.2, 0.25) is 0 Å². The van der Waals surface area contributed by atoms with Gasteiger partial charge in [0.1, 0.15) is 17.3 Å². The number of anilines is 1. The molecule has 1 aromatic heterocycles. The molecule has 0 saturated heterocycles. The molecule has 2 rings (SSSR count). The van der Waals surface area contributed by atoms with Crippen molar-refractivity contribution in [3.05, 3.63) is 42.1 Å². The lowest BCUT2D eigenvalue weighted by Gasteiger charge is -2.06. The molecular formula is C12H10F2N2O. The van der Waals surface area contributed by atoms with Crippen LogP contribution >= 0.6 is 0 Å². The lowest BCUT2D eigenvalue weighted by Crippen LogP contribution is -1.96. The summed E-state index contributed by atoms with van der Waals surface area (Å²) in [4.78, 5) is 3.78. The molecule has 0 aliphatic heterocycles. The van der Waals surface area contributed by atoms with Crippen LogP contribution in [0.2, 0.25) is 0 Å². The first-order chi connectivity index (χ1) is 8.11.